The number of rotatable bonds is 14. The number of ether oxygens (including phenoxy) is 4. The third kappa shape index (κ3) is 12.5. The highest BCUT2D eigenvalue weighted by Gasteiger charge is 2.17. The van der Waals surface area contributed by atoms with Crippen molar-refractivity contribution in [3.8, 4) is 23.0 Å². The Balaban J connectivity index is 0.000000185. The van der Waals surface area contributed by atoms with Gasteiger partial charge in [0.1, 0.15) is 35.2 Å². The van der Waals surface area contributed by atoms with E-state index in [1.807, 2.05) is 125 Å². The average molecular weight is 1030 g/mol. The molecule has 0 fully saturated rings. The van der Waals surface area contributed by atoms with Gasteiger partial charge < -0.3 is 28.1 Å². The van der Waals surface area contributed by atoms with Crippen LogP contribution < -0.4 is 35.4 Å². The minimum absolute atomic E-state index is 0.0641. The van der Waals surface area contributed by atoms with Crippen molar-refractivity contribution < 1.29 is 49.0 Å². The Kier molecular flexibility index (Phi) is 18.5. The summed E-state index contributed by atoms with van der Waals surface area (Å²) < 4.78 is 25.1. The van der Waals surface area contributed by atoms with Crippen LogP contribution in [0.5, 0.6) is 23.0 Å². The van der Waals surface area contributed by atoms with Gasteiger partial charge in [0.25, 0.3) is 17.7 Å². The maximum absolute atomic E-state index is 11.8. The second kappa shape index (κ2) is 24.9. The van der Waals surface area contributed by atoms with E-state index in [0.717, 1.165) is 123 Å². The van der Waals surface area contributed by atoms with Gasteiger partial charge in [-0.05, 0) is 192 Å². The number of carbonyl (C=O) groups excluding carboxylic acids is 3. The molecule has 8 aromatic rings. The minimum atomic E-state index is -0.599. The Morgan fingerprint density at radius 2 is 1.00 bits per heavy atom. The summed E-state index contributed by atoms with van der Waals surface area (Å²) in [5.74, 6) is 1.56. The second-order valence-electron chi connectivity index (χ2n) is 18.1. The topological polar surface area (TPSA) is 195 Å². The van der Waals surface area contributed by atoms with E-state index in [0.29, 0.717) is 11.3 Å². The summed E-state index contributed by atoms with van der Waals surface area (Å²) in [4.78, 5) is 34.9. The fourth-order valence-corrected chi connectivity index (χ4v) is 8.75. The molecule has 0 saturated heterocycles. The first kappa shape index (κ1) is 56.4. The van der Waals surface area contributed by atoms with Crippen molar-refractivity contribution in [1.29, 1.82) is 0 Å². The number of aryl methyl sites for hydroxylation is 4. The molecule has 2 aromatic heterocycles. The predicted molar refractivity (Wildman–Crippen MR) is 298 cm³/mol. The van der Waals surface area contributed by atoms with Gasteiger partial charge in [-0.1, -0.05) is 55.6 Å². The highest BCUT2D eigenvalue weighted by Crippen LogP contribution is 2.35. The molecular weight excluding hydrogens is 963 g/mol. The highest BCUT2D eigenvalue weighted by atomic mass is 16.5. The molecule has 0 atom stereocenters. The summed E-state index contributed by atoms with van der Waals surface area (Å²) in [5.41, 5.74) is 21.9. The zero-order valence-electron chi connectivity index (χ0n) is 44.8. The van der Waals surface area contributed by atoms with Gasteiger partial charge in [-0.3, -0.25) is 30.0 Å². The van der Waals surface area contributed by atoms with Gasteiger partial charge in [0, 0.05) is 41.1 Å². The van der Waals surface area contributed by atoms with E-state index >= 15 is 0 Å². The van der Waals surface area contributed by atoms with E-state index in [-0.39, 0.29) is 6.54 Å². The zero-order valence-corrected chi connectivity index (χ0v) is 44.8. The molecule has 6 N–H and O–H groups in total. The lowest BCUT2D eigenvalue weighted by molar-refractivity contribution is -0.129. The number of benzene rings is 6. The molecule has 2 heterocycles. The van der Waals surface area contributed by atoms with Gasteiger partial charge in [-0.2, -0.15) is 0 Å². The number of hydrogen-bond acceptors (Lipinski definition) is 10. The monoisotopic (exact) mass is 1030 g/mol. The van der Waals surface area contributed by atoms with E-state index in [1.54, 1.807) is 67.1 Å². The molecule has 0 aliphatic heterocycles. The molecule has 3 amide bonds. The van der Waals surface area contributed by atoms with E-state index in [9.17, 15) is 14.4 Å². The lowest BCUT2D eigenvalue weighted by atomic mass is 9.94. The summed E-state index contributed by atoms with van der Waals surface area (Å²) in [7, 11) is 8.33. The van der Waals surface area contributed by atoms with Gasteiger partial charge in [0.2, 0.25) is 0 Å². The van der Waals surface area contributed by atoms with Crippen LogP contribution in [-0.4, -0.2) is 70.9 Å². The molecule has 8 rings (SSSR count). The normalized spacial score (nSPS) is 10.9. The molecule has 15 nitrogen and oxygen atoms in total. The van der Waals surface area contributed by atoms with Gasteiger partial charge in [0.15, 0.2) is 0 Å². The number of fused-ring (bicyclic) bond motifs is 2. The van der Waals surface area contributed by atoms with Crippen LogP contribution in [-0.2, 0) is 23.2 Å². The van der Waals surface area contributed by atoms with Gasteiger partial charge in [-0.25, -0.2) is 16.4 Å². The van der Waals surface area contributed by atoms with Gasteiger partial charge in [-0.15, -0.1) is 0 Å². The highest BCUT2D eigenvalue weighted by molar-refractivity contribution is 6.00. The minimum Gasteiger partial charge on any atom is -0.497 e. The number of carbonyl (C=O) groups is 3. The lowest BCUT2D eigenvalue weighted by Crippen LogP contribution is -2.23. The largest absolute Gasteiger partial charge is 0.497 e. The second-order valence-corrected chi connectivity index (χ2v) is 18.1. The number of hydrogen-bond donors (Lipinski definition) is 6. The quantitative estimate of drug-likeness (QED) is 0.0347. The Labute approximate surface area is 442 Å². The Bertz CT molecular complexity index is 3530. The van der Waals surface area contributed by atoms with Gasteiger partial charge >= 0.3 is 0 Å². The van der Waals surface area contributed by atoms with Crippen molar-refractivity contribution in [2.24, 2.45) is 7.05 Å². The summed E-state index contributed by atoms with van der Waals surface area (Å²) in [5, 5.41) is 28.4. The van der Waals surface area contributed by atoms with Crippen molar-refractivity contribution in [2.75, 3.05) is 28.4 Å². The number of hydroxylamine groups is 3. The van der Waals surface area contributed by atoms with Crippen LogP contribution in [0.15, 0.2) is 135 Å². The molecule has 0 aliphatic rings. The standard InChI is InChI=1S/2C21H22N2O3.C19H21NO4/c1-12-8-16(11-20(26-5)13(12)2)14(3)15-6-7-18-17(9-15)10-19(23(18)4)21(24)22-25;1-13-9-18(11-20(26-4)14(13)2)15(3)16-5-6-19-17(10-16)7-8-23(19)12-21(24)22-25;1-12-9-15(10-18(24-4)13(12)2)17(11-19(21)20-22)14-5-7-16(23-3)8-6-14/h6-11,25H,3H2,1-2,4-5H3,(H,22,24);5-11,25H,3,12H2,1-2,4H3,(H,22,24);5-11,22H,1-4H3,(H,20,21). The van der Waals surface area contributed by atoms with Crippen molar-refractivity contribution in [3.63, 3.8) is 0 Å². The molecule has 0 bridgehead atoms. The summed E-state index contributed by atoms with van der Waals surface area (Å²) >= 11 is 0. The lowest BCUT2D eigenvalue weighted by Gasteiger charge is -2.14. The third-order valence-electron chi connectivity index (χ3n) is 13.6. The first-order chi connectivity index (χ1) is 36.3. The third-order valence-corrected chi connectivity index (χ3v) is 13.6. The van der Waals surface area contributed by atoms with Crippen LogP contribution in [0.3, 0.4) is 0 Å². The van der Waals surface area contributed by atoms with E-state index < -0.39 is 17.7 Å². The summed E-state index contributed by atoms with van der Waals surface area (Å²) in [6.07, 6.45) is 3.18. The first-order valence-corrected chi connectivity index (χ1v) is 24.0. The van der Waals surface area contributed by atoms with Crippen molar-refractivity contribution in [1.82, 2.24) is 25.6 Å². The van der Waals surface area contributed by atoms with Crippen LogP contribution in [0.4, 0.5) is 0 Å². The smallest absolute Gasteiger partial charge is 0.291 e. The van der Waals surface area contributed by atoms with Crippen LogP contribution in [0, 0.1) is 41.5 Å². The molecule has 0 aliphatic carbocycles. The SMILES string of the molecule is C=C(c1cc(C)c(C)c(OC)c1)c1ccc2c(c1)cc(C(=O)NO)n2C.C=C(c1cc(C)c(C)c(OC)c1)c1ccc2c(ccn2CC(=O)NO)c1.COc1ccc(C(=CC(=O)NO)c2cc(C)c(C)c(OC)c2)cc1. The summed E-state index contributed by atoms with van der Waals surface area (Å²) in [6, 6.07) is 35.0. The molecule has 6 aromatic carbocycles. The van der Waals surface area contributed by atoms with Crippen LogP contribution in [0.2, 0.25) is 0 Å². The molecule has 0 saturated carbocycles. The maximum atomic E-state index is 11.8. The first-order valence-electron chi connectivity index (χ1n) is 24.0. The number of amides is 3. The predicted octanol–water partition coefficient (Wildman–Crippen LogP) is 11.1. The van der Waals surface area contributed by atoms with Crippen LogP contribution in [0.25, 0.3) is 38.5 Å². The molecule has 15 heteroatoms. The fraction of sp³-hybridized carbons (Fsp3) is 0.197. The molecule has 394 valence electrons. The number of methoxy groups -OCH3 is 4. The Hall–Kier alpha value is -8.89. The number of nitrogens with one attached hydrogen (secondary N) is 3. The van der Waals surface area contributed by atoms with Crippen molar-refractivity contribution in [3.05, 3.63) is 207 Å². The Morgan fingerprint density at radius 3 is 1.47 bits per heavy atom. The molecule has 76 heavy (non-hydrogen) atoms. The van der Waals surface area contributed by atoms with E-state index in [4.69, 9.17) is 34.6 Å². The maximum Gasteiger partial charge on any atom is 0.291 e. The average Bonchev–Trinajstić information content (AvgIpc) is 4.00. The molecule has 0 unspecified atom stereocenters. The van der Waals surface area contributed by atoms with E-state index in [1.165, 1.54) is 6.08 Å². The van der Waals surface area contributed by atoms with Crippen molar-refractivity contribution >= 4 is 56.2 Å². The molecule has 0 radical (unpaired) electrons. The molecular formula is C61H65N5O10. The zero-order chi connectivity index (χ0) is 55.5. The van der Waals surface area contributed by atoms with E-state index in [2.05, 4.69) is 39.1 Å². The van der Waals surface area contributed by atoms with Crippen molar-refractivity contribution in [2.45, 2.75) is 48.1 Å². The van der Waals surface area contributed by atoms with Gasteiger partial charge in [0.05, 0.1) is 28.4 Å². The Morgan fingerprint density at radius 1 is 0.526 bits per heavy atom. The number of aromatic nitrogens is 2. The number of nitrogens with zero attached hydrogens (tertiary/aromatic N) is 2. The molecule has 0 spiro atoms. The van der Waals surface area contributed by atoms with Crippen LogP contribution >= 0.6 is 0 Å². The van der Waals surface area contributed by atoms with Crippen LogP contribution in [0.1, 0.15) is 77.2 Å². The summed E-state index contributed by atoms with van der Waals surface area (Å²) in [6.45, 7) is 20.7. The fourth-order valence-electron chi connectivity index (χ4n) is 8.75.